The number of hydrogen-bond donors (Lipinski definition) is 8. The summed E-state index contributed by atoms with van der Waals surface area (Å²) in [6, 6.07) is 12.3. The second kappa shape index (κ2) is 40.9. The van der Waals surface area contributed by atoms with Crippen LogP contribution in [0.25, 0.3) is 11.3 Å². The van der Waals surface area contributed by atoms with Gasteiger partial charge in [-0.15, -0.1) is 20.4 Å². The monoisotopic (exact) mass is 1930 g/mol. The number of anilines is 2. The molecule has 2 aliphatic heterocycles. The molecule has 10 aromatic rings. The van der Waals surface area contributed by atoms with Gasteiger partial charge in [0.25, 0.3) is 33.4 Å². The Kier molecular flexibility index (Phi) is 33.6. The fourth-order valence-electron chi connectivity index (χ4n) is 10.6. The summed E-state index contributed by atoms with van der Waals surface area (Å²) in [4.78, 5) is 95.7. The van der Waals surface area contributed by atoms with Gasteiger partial charge in [0, 0.05) is 91.4 Å². The minimum Gasteiger partial charge on any atom is -0.434 e. The van der Waals surface area contributed by atoms with Crippen molar-refractivity contribution in [1.82, 2.24) is 69.5 Å². The van der Waals surface area contributed by atoms with Crippen molar-refractivity contribution in [2.75, 3.05) is 11.5 Å². The summed E-state index contributed by atoms with van der Waals surface area (Å²) in [7, 11) is 2.93. The second-order valence-electron chi connectivity index (χ2n) is 30.3. The lowest BCUT2D eigenvalue weighted by Gasteiger charge is -2.32. The lowest BCUT2D eigenvalue weighted by atomic mass is 9.49. The normalized spacial score (nSPS) is 14.0. The number of nitrogens with zero attached hydrogens (tertiary/aromatic N) is 10. The Morgan fingerprint density at radius 1 is 0.439 bits per heavy atom. The van der Waals surface area contributed by atoms with Gasteiger partial charge in [-0.05, 0) is 125 Å². The van der Waals surface area contributed by atoms with E-state index in [0.29, 0.717) is 27.9 Å². The Balaban J connectivity index is 0.000000207. The molecule has 49 heteroatoms. The maximum Gasteiger partial charge on any atom is 0.491 e. The number of nitrogen functional groups attached to an aromatic ring is 2. The van der Waals surface area contributed by atoms with Crippen LogP contribution < -0.4 is 80.6 Å². The van der Waals surface area contributed by atoms with Crippen molar-refractivity contribution in [3.63, 3.8) is 0 Å². The van der Waals surface area contributed by atoms with Gasteiger partial charge >= 0.3 is 32.5 Å². The zero-order chi connectivity index (χ0) is 92.8. The minimum atomic E-state index is -2.07. The van der Waals surface area contributed by atoms with Gasteiger partial charge in [0.05, 0.1) is 53.2 Å². The van der Waals surface area contributed by atoms with E-state index in [2.05, 4.69) is 46.5 Å². The highest BCUT2D eigenvalue weighted by atomic mass is 79.9. The maximum atomic E-state index is 14.8. The molecule has 34 nitrogen and oxygen atoms in total. The first-order valence-corrected chi connectivity index (χ1v) is 40.3. The molecule has 10 N–H and O–H groups in total. The molecule has 0 unspecified atom stereocenters. The highest BCUT2D eigenvalue weighted by molar-refractivity contribution is 9.10. The molecule has 0 radical (unpaired) electrons. The van der Waals surface area contributed by atoms with Gasteiger partial charge in [-0.3, -0.25) is 38.7 Å². The second-order valence-corrected chi connectivity index (χ2v) is 34.2. The average Bonchev–Trinajstić information content (AvgIpc) is 1.58. The van der Waals surface area contributed by atoms with Gasteiger partial charge in [0.15, 0.2) is 44.9 Å². The topological polar surface area (TPSA) is 463 Å². The van der Waals surface area contributed by atoms with Crippen LogP contribution in [-0.2, 0) is 46.8 Å². The number of rotatable bonds is 15. The van der Waals surface area contributed by atoms with Crippen LogP contribution in [0.1, 0.15) is 157 Å². The Morgan fingerprint density at radius 3 is 1.05 bits per heavy atom. The van der Waals surface area contributed by atoms with Crippen LogP contribution in [0.4, 0.5) is 24.5 Å². The molecule has 2 saturated heterocycles. The molecule has 0 amide bonds. The fourth-order valence-corrected chi connectivity index (χ4v) is 13.0. The number of aromatic amines is 4. The van der Waals surface area contributed by atoms with E-state index in [9.17, 15) is 51.5 Å². The molecule has 0 atom stereocenters. The van der Waals surface area contributed by atoms with E-state index in [1.54, 1.807) is 13.1 Å². The van der Waals surface area contributed by atoms with E-state index >= 15 is 0 Å². The summed E-state index contributed by atoms with van der Waals surface area (Å²) in [6.45, 7) is 31.1. The summed E-state index contributed by atoms with van der Waals surface area (Å²) >= 11 is 50.9. The summed E-state index contributed by atoms with van der Waals surface area (Å²) in [5, 5.41) is 43.9. The third-order valence-electron chi connectivity index (χ3n) is 18.7. The highest BCUT2D eigenvalue weighted by Crippen LogP contribution is 2.46. The predicted octanol–water partition coefficient (Wildman–Crippen LogP) is 13.2. The molecule has 0 bridgehead atoms. The van der Waals surface area contributed by atoms with Gasteiger partial charge in [-0.1, -0.05) is 148 Å². The molecule has 0 aliphatic carbocycles. The summed E-state index contributed by atoms with van der Waals surface area (Å²) in [6.07, 6.45) is 0. The van der Waals surface area contributed by atoms with Gasteiger partial charge in [-0.2, -0.15) is 10.2 Å². The van der Waals surface area contributed by atoms with Crippen molar-refractivity contribution >= 4 is 147 Å². The molecule has 8 heterocycles. The molecule has 12 rings (SSSR count). The first-order chi connectivity index (χ1) is 56.8. The van der Waals surface area contributed by atoms with Crippen molar-refractivity contribution in [2.24, 2.45) is 28.2 Å². The smallest absolute Gasteiger partial charge is 0.434 e. The fraction of sp³-hybridized carbons (Fsp3) is 0.378. The van der Waals surface area contributed by atoms with Crippen molar-refractivity contribution in [1.29, 1.82) is 0 Å². The largest absolute Gasteiger partial charge is 0.491 e. The number of aromatic nitrogens is 14. The number of H-pyrrole nitrogens is 4. The number of halogens is 12. The van der Waals surface area contributed by atoms with Crippen molar-refractivity contribution < 1.29 is 60.8 Å². The molecule has 2 fully saturated rings. The van der Waals surface area contributed by atoms with Gasteiger partial charge < -0.3 is 59.1 Å². The van der Waals surface area contributed by atoms with Crippen LogP contribution in [0.2, 0.25) is 40.2 Å². The van der Waals surface area contributed by atoms with Gasteiger partial charge in [0.1, 0.15) is 20.9 Å². The maximum absolute atomic E-state index is 14.8. The Hall–Kier alpha value is -9.04. The predicted molar refractivity (Wildman–Crippen MR) is 469 cm³/mol. The van der Waals surface area contributed by atoms with Crippen molar-refractivity contribution in [3.05, 3.63) is 222 Å². The quantitative estimate of drug-likeness (QED) is 0.0268. The van der Waals surface area contributed by atoms with E-state index in [1.807, 2.05) is 131 Å². The van der Waals surface area contributed by atoms with Gasteiger partial charge in [-0.25, -0.2) is 51.7 Å². The van der Waals surface area contributed by atoms with Crippen LogP contribution in [-0.4, -0.2) is 123 Å². The molecule has 6 aromatic heterocycles. The lowest BCUT2D eigenvalue weighted by Crippen LogP contribution is -2.41. The number of ether oxygens (including phenoxy) is 4. The zero-order valence-electron chi connectivity index (χ0n) is 69.3. The molecule has 0 saturated carbocycles. The number of benzene rings is 4. The van der Waals surface area contributed by atoms with Crippen molar-refractivity contribution in [3.8, 4) is 57.8 Å². The zero-order valence-corrected chi connectivity index (χ0v) is 77.0. The first kappa shape index (κ1) is 101. The first-order valence-electron chi connectivity index (χ1n) is 36.5. The molecule has 0 spiro atoms. The summed E-state index contributed by atoms with van der Waals surface area (Å²) in [5.74, 6) is -3.13. The Labute approximate surface area is 748 Å². The number of nitrogens with two attached hydrogens (primary N) is 2. The van der Waals surface area contributed by atoms with E-state index < -0.39 is 82.3 Å². The molecule has 4 aromatic carbocycles. The molecule has 660 valence electrons. The average molecular weight is 1940 g/mol. The van der Waals surface area contributed by atoms with Crippen LogP contribution in [0.15, 0.2) is 97.6 Å². The summed E-state index contributed by atoms with van der Waals surface area (Å²) in [5.41, 5.74) is 6.79. The number of hydrogen-bond acceptors (Lipinski definition) is 26. The molecular formula is C74H83B3BrCl8F3N16O18. The number of nitrogens with one attached hydrogen (secondary N) is 4. The SMILES string of the molecule is CC(C)c1cc(Oc2c(Cl)cc(-c3n[nH]c(=O)[nH]c3=O)c(F)c2Cl)nn(C)c1=O.CC(C)c1cc(Oc2c(Cl)cc(B(O)O)c(F)c2Cl)nn(C)c1=O.CC(C)c1cc(Oc2c(Cl)cc(N)c(F)c2Cl)nn(C)c1=O.CC(C)c1cc(Oc2c(Cl)cc(N)cc2Cl)nn(C)c1=O.CC1(C)OB(B2OC(C)(C)C(C)(C)O2)OC1(C)C.O=c1[nH]nc(Br)c(=O)[nH]1. The molecular weight excluding hydrogens is 1850 g/mol. The van der Waals surface area contributed by atoms with E-state index in [-0.39, 0.29) is 161 Å². The van der Waals surface area contributed by atoms with Crippen LogP contribution in [0.3, 0.4) is 0 Å². The van der Waals surface area contributed by atoms with Crippen LogP contribution in [0.5, 0.6) is 46.5 Å². The number of aryl methyl sites for hydroxylation is 4. The van der Waals surface area contributed by atoms with E-state index in [0.717, 1.165) is 26.2 Å². The Bertz CT molecular complexity index is 6070. The Morgan fingerprint density at radius 2 is 0.732 bits per heavy atom. The molecule has 123 heavy (non-hydrogen) atoms. The van der Waals surface area contributed by atoms with E-state index in [1.165, 1.54) is 62.2 Å². The highest BCUT2D eigenvalue weighted by Gasteiger charge is 2.64. The third kappa shape index (κ3) is 24.4. The standard InChI is InChI=1S/C17H14Cl2FN5O4.C14H14BCl2FN2O4.C14H14Cl2FN3O2.C14H15Cl2N3O2.C12H24B2O4.C3H2BrN3O2/c1-6(2)7-5-10(24-25(3)16(7)27)29-14-9(18)4-8(12(20)11(14)19)13-15(26)21-17(28)23-22-13;1-6(2)7-4-10(19-20(3)14(7)21)24-13-9(16)5-8(15(22)23)12(18)11(13)17;1-6(2)7-4-10(19-20(3)14(7)21)22-13-8(15)5-9(18)12(17)11(13)16;1-7(2)9-6-12(18-19(3)14(9)20)21-13-10(15)4-8(17)5-11(13)16;1-9(2)10(3,4)16-13(15-9)14-17-11(5,6)12(7,8)18-14;4-1-2(8)5-3(9)7-6-1/h4-6H,1-3H3,(H2,21,23,26,28);4-6,22-23H,1-3H3;4-6H,18H2,1-3H3;4-7H,17H2,1-3H3;1-8H3;(H2,5,7,8,9). The molecule has 2 aliphatic rings. The summed E-state index contributed by atoms with van der Waals surface area (Å²) < 4.78 is 93.2. The van der Waals surface area contributed by atoms with Crippen molar-refractivity contribution in [2.45, 2.75) is 157 Å². The van der Waals surface area contributed by atoms with Crippen LogP contribution in [0, 0.1) is 17.5 Å². The third-order valence-corrected chi connectivity index (χ3v) is 21.6. The van der Waals surface area contributed by atoms with E-state index in [4.69, 9.17) is 152 Å². The van der Waals surface area contributed by atoms with Crippen LogP contribution >= 0.6 is 109 Å². The lowest BCUT2D eigenvalue weighted by molar-refractivity contribution is 0.00578. The minimum absolute atomic E-state index is 0.00120. The van der Waals surface area contributed by atoms with Gasteiger partial charge in [0.2, 0.25) is 23.5 Å².